The van der Waals surface area contributed by atoms with E-state index in [1.807, 2.05) is 30.3 Å². The summed E-state index contributed by atoms with van der Waals surface area (Å²) in [6.45, 7) is 0. The smallest absolute Gasteiger partial charge is 0.335 e. The van der Waals surface area contributed by atoms with Gasteiger partial charge < -0.3 is 14.6 Å². The fourth-order valence-corrected chi connectivity index (χ4v) is 2.03. The Labute approximate surface area is 133 Å². The predicted octanol–water partition coefficient (Wildman–Crippen LogP) is 4.97. The first-order valence-electron chi connectivity index (χ1n) is 7.05. The highest BCUT2D eigenvalue weighted by molar-refractivity contribution is 5.88. The maximum Gasteiger partial charge on any atom is 0.335 e. The molecule has 114 valence electrons. The molecule has 3 rings (SSSR count). The summed E-state index contributed by atoms with van der Waals surface area (Å²) in [5, 5.41) is 8.98. The van der Waals surface area contributed by atoms with Crippen molar-refractivity contribution in [1.29, 1.82) is 0 Å². The normalized spacial score (nSPS) is 10.1. The number of hydrogen-bond acceptors (Lipinski definition) is 3. The van der Waals surface area contributed by atoms with Gasteiger partial charge in [0.25, 0.3) is 0 Å². The lowest BCUT2D eigenvalue weighted by molar-refractivity contribution is 0.0696. The lowest BCUT2D eigenvalue weighted by Crippen LogP contribution is -1.96. The van der Waals surface area contributed by atoms with Gasteiger partial charge in [-0.1, -0.05) is 24.3 Å². The molecule has 0 spiro atoms. The zero-order valence-electron chi connectivity index (χ0n) is 12.2. The standard InChI is InChI=1S/C19H14O4/c20-19(21)14-5-4-8-18(13-14)23-17-11-9-16(10-12-17)22-15-6-2-1-3-7-15/h1-13H,(H,20,21). The van der Waals surface area contributed by atoms with Crippen molar-refractivity contribution in [2.45, 2.75) is 0 Å². The van der Waals surface area contributed by atoms with Gasteiger partial charge in [-0.2, -0.15) is 0 Å². The summed E-state index contributed by atoms with van der Waals surface area (Å²) in [5.41, 5.74) is 0.187. The Hall–Kier alpha value is -3.27. The topological polar surface area (TPSA) is 55.8 Å². The Morgan fingerprint density at radius 3 is 1.78 bits per heavy atom. The average Bonchev–Trinajstić information content (AvgIpc) is 2.58. The number of carboxylic acid groups (broad SMARTS) is 1. The van der Waals surface area contributed by atoms with E-state index in [2.05, 4.69) is 0 Å². The van der Waals surface area contributed by atoms with E-state index in [-0.39, 0.29) is 5.56 Å². The van der Waals surface area contributed by atoms with Gasteiger partial charge in [0.15, 0.2) is 0 Å². The minimum absolute atomic E-state index is 0.187. The van der Waals surface area contributed by atoms with Crippen molar-refractivity contribution in [3.63, 3.8) is 0 Å². The molecule has 0 aliphatic heterocycles. The molecule has 0 atom stereocenters. The lowest BCUT2D eigenvalue weighted by atomic mass is 10.2. The molecule has 3 aromatic rings. The molecular weight excluding hydrogens is 292 g/mol. The molecule has 0 aliphatic rings. The van der Waals surface area contributed by atoms with Crippen LogP contribution >= 0.6 is 0 Å². The molecule has 0 saturated carbocycles. The number of benzene rings is 3. The maximum absolute atomic E-state index is 11.0. The number of ether oxygens (including phenoxy) is 2. The van der Waals surface area contributed by atoms with Crippen LogP contribution in [0.5, 0.6) is 23.0 Å². The second-order valence-electron chi connectivity index (χ2n) is 4.82. The van der Waals surface area contributed by atoms with E-state index < -0.39 is 5.97 Å². The zero-order chi connectivity index (χ0) is 16.1. The molecule has 0 unspecified atom stereocenters. The quantitative estimate of drug-likeness (QED) is 0.723. The van der Waals surface area contributed by atoms with E-state index in [9.17, 15) is 4.79 Å². The van der Waals surface area contributed by atoms with Crippen molar-refractivity contribution in [3.05, 3.63) is 84.4 Å². The largest absolute Gasteiger partial charge is 0.478 e. The molecule has 0 fully saturated rings. The molecule has 0 heterocycles. The van der Waals surface area contributed by atoms with E-state index in [1.54, 1.807) is 36.4 Å². The average molecular weight is 306 g/mol. The highest BCUT2D eigenvalue weighted by Gasteiger charge is 2.05. The first kappa shape index (κ1) is 14.7. The van der Waals surface area contributed by atoms with E-state index in [1.165, 1.54) is 12.1 Å². The monoisotopic (exact) mass is 306 g/mol. The molecule has 3 aromatic carbocycles. The van der Waals surface area contributed by atoms with E-state index in [0.717, 1.165) is 5.75 Å². The molecule has 1 N–H and O–H groups in total. The van der Waals surface area contributed by atoms with Gasteiger partial charge >= 0.3 is 5.97 Å². The van der Waals surface area contributed by atoms with Crippen LogP contribution in [-0.2, 0) is 0 Å². The molecule has 0 amide bonds. The molecule has 23 heavy (non-hydrogen) atoms. The van der Waals surface area contributed by atoms with E-state index in [4.69, 9.17) is 14.6 Å². The van der Waals surface area contributed by atoms with Gasteiger partial charge in [-0.25, -0.2) is 4.79 Å². The minimum Gasteiger partial charge on any atom is -0.478 e. The van der Waals surface area contributed by atoms with Crippen molar-refractivity contribution >= 4 is 5.97 Å². The number of carbonyl (C=O) groups is 1. The number of carboxylic acids is 1. The molecule has 0 radical (unpaired) electrons. The third-order valence-corrected chi connectivity index (χ3v) is 3.12. The number of hydrogen-bond donors (Lipinski definition) is 1. The summed E-state index contributed by atoms with van der Waals surface area (Å²) < 4.78 is 11.4. The van der Waals surface area contributed by atoms with Crippen molar-refractivity contribution in [2.75, 3.05) is 0 Å². The summed E-state index contributed by atoms with van der Waals surface area (Å²) in [7, 11) is 0. The van der Waals surface area contributed by atoms with Gasteiger partial charge in [0, 0.05) is 0 Å². The summed E-state index contributed by atoms with van der Waals surface area (Å²) in [4.78, 5) is 11.0. The van der Waals surface area contributed by atoms with Crippen molar-refractivity contribution in [1.82, 2.24) is 0 Å². The SMILES string of the molecule is O=C(O)c1cccc(Oc2ccc(Oc3ccccc3)cc2)c1. The second kappa shape index (κ2) is 6.66. The van der Waals surface area contributed by atoms with Gasteiger partial charge in [0.2, 0.25) is 0 Å². The summed E-state index contributed by atoms with van der Waals surface area (Å²) in [6.07, 6.45) is 0. The van der Waals surface area contributed by atoms with Crippen LogP contribution in [-0.4, -0.2) is 11.1 Å². The Balaban J connectivity index is 1.70. The van der Waals surface area contributed by atoms with Crippen molar-refractivity contribution in [2.24, 2.45) is 0 Å². The molecule has 0 bridgehead atoms. The maximum atomic E-state index is 11.0. The van der Waals surface area contributed by atoms with E-state index in [0.29, 0.717) is 17.2 Å². The highest BCUT2D eigenvalue weighted by atomic mass is 16.5. The Bertz CT molecular complexity index is 795. The molecule has 4 nitrogen and oxygen atoms in total. The van der Waals surface area contributed by atoms with Gasteiger partial charge in [0.1, 0.15) is 23.0 Å². The van der Waals surface area contributed by atoms with Gasteiger partial charge in [-0.3, -0.25) is 0 Å². The third kappa shape index (κ3) is 3.89. The first-order valence-corrected chi connectivity index (χ1v) is 7.05. The number of rotatable bonds is 5. The molecular formula is C19H14O4. The third-order valence-electron chi connectivity index (χ3n) is 3.12. The van der Waals surface area contributed by atoms with E-state index >= 15 is 0 Å². The zero-order valence-corrected chi connectivity index (χ0v) is 12.2. The predicted molar refractivity (Wildman–Crippen MR) is 86.4 cm³/mol. The second-order valence-corrected chi connectivity index (χ2v) is 4.82. The summed E-state index contributed by atoms with van der Waals surface area (Å²) >= 11 is 0. The van der Waals surface area contributed by atoms with Crippen LogP contribution in [0.15, 0.2) is 78.9 Å². The summed E-state index contributed by atoms with van der Waals surface area (Å²) in [6, 6.07) is 23.0. The number of para-hydroxylation sites is 1. The van der Waals surface area contributed by atoms with Crippen LogP contribution in [0.4, 0.5) is 0 Å². The first-order chi connectivity index (χ1) is 11.2. The van der Waals surface area contributed by atoms with Crippen LogP contribution in [0.1, 0.15) is 10.4 Å². The number of aromatic carboxylic acids is 1. The van der Waals surface area contributed by atoms with Gasteiger partial charge in [-0.05, 0) is 54.6 Å². The van der Waals surface area contributed by atoms with Crippen molar-refractivity contribution in [3.8, 4) is 23.0 Å². The molecule has 0 aliphatic carbocycles. The van der Waals surface area contributed by atoms with Crippen LogP contribution in [0.3, 0.4) is 0 Å². The Kier molecular flexibility index (Phi) is 4.25. The Morgan fingerprint density at radius 2 is 1.17 bits per heavy atom. The minimum atomic E-state index is -0.984. The highest BCUT2D eigenvalue weighted by Crippen LogP contribution is 2.27. The van der Waals surface area contributed by atoms with Crippen LogP contribution in [0.2, 0.25) is 0 Å². The van der Waals surface area contributed by atoms with Crippen LogP contribution < -0.4 is 9.47 Å². The molecule has 0 aromatic heterocycles. The summed E-state index contributed by atoms with van der Waals surface area (Å²) in [5.74, 6) is 1.55. The van der Waals surface area contributed by atoms with Crippen LogP contribution in [0, 0.1) is 0 Å². The fourth-order valence-electron chi connectivity index (χ4n) is 2.03. The lowest BCUT2D eigenvalue weighted by Gasteiger charge is -2.08. The van der Waals surface area contributed by atoms with Crippen molar-refractivity contribution < 1.29 is 19.4 Å². The Morgan fingerprint density at radius 1 is 0.652 bits per heavy atom. The van der Waals surface area contributed by atoms with Gasteiger partial charge in [0.05, 0.1) is 5.56 Å². The van der Waals surface area contributed by atoms with Gasteiger partial charge in [-0.15, -0.1) is 0 Å². The molecule has 4 heteroatoms. The molecule has 0 saturated heterocycles. The fraction of sp³-hybridized carbons (Fsp3) is 0. The van der Waals surface area contributed by atoms with Crippen LogP contribution in [0.25, 0.3) is 0 Å².